The highest BCUT2D eigenvalue weighted by Crippen LogP contribution is 2.51. The van der Waals surface area contributed by atoms with Crippen molar-refractivity contribution in [2.24, 2.45) is 0 Å². The van der Waals surface area contributed by atoms with Gasteiger partial charge in [0.2, 0.25) is 11.5 Å². The minimum absolute atomic E-state index is 0.127. The summed E-state index contributed by atoms with van der Waals surface area (Å²) in [6, 6.07) is 5.69. The van der Waals surface area contributed by atoms with Crippen LogP contribution in [0.2, 0.25) is 0 Å². The molecular formula is C30H40NO10+. The number of benzene rings is 2. The Hall–Kier alpha value is -4.12. The first-order valence-electron chi connectivity index (χ1n) is 13.2. The van der Waals surface area contributed by atoms with E-state index in [1.54, 1.807) is 42.7 Å². The van der Waals surface area contributed by atoms with Gasteiger partial charge in [0.1, 0.15) is 6.04 Å². The van der Waals surface area contributed by atoms with Crippen molar-refractivity contribution >= 4 is 11.9 Å². The topological polar surface area (TPSA) is 130 Å². The summed E-state index contributed by atoms with van der Waals surface area (Å²) in [4.78, 5) is 22.8. The molecule has 11 nitrogen and oxygen atoms in total. The van der Waals surface area contributed by atoms with Crippen molar-refractivity contribution in [1.29, 1.82) is 0 Å². The molecule has 1 aliphatic rings. The van der Waals surface area contributed by atoms with Gasteiger partial charge in [-0.05, 0) is 35.7 Å². The van der Waals surface area contributed by atoms with E-state index in [-0.39, 0.29) is 18.0 Å². The Morgan fingerprint density at radius 2 is 1.41 bits per heavy atom. The zero-order valence-corrected chi connectivity index (χ0v) is 24.7. The quantitative estimate of drug-likeness (QED) is 0.253. The molecule has 2 atom stereocenters. The van der Waals surface area contributed by atoms with Crippen LogP contribution in [0.15, 0.2) is 29.8 Å². The van der Waals surface area contributed by atoms with Gasteiger partial charge in [0.05, 0.1) is 68.4 Å². The second-order valence-corrected chi connectivity index (χ2v) is 10.1. The zero-order valence-electron chi connectivity index (χ0n) is 24.7. The first-order chi connectivity index (χ1) is 19.6. The predicted molar refractivity (Wildman–Crippen MR) is 151 cm³/mol. The Labute approximate surface area is 240 Å². The molecule has 224 valence electrons. The van der Waals surface area contributed by atoms with E-state index in [0.29, 0.717) is 58.4 Å². The van der Waals surface area contributed by atoms with Crippen molar-refractivity contribution in [3.8, 4) is 34.5 Å². The summed E-state index contributed by atoms with van der Waals surface area (Å²) in [6.45, 7) is 1.35. The number of carbonyl (C=O) groups is 2. The molecule has 0 saturated heterocycles. The maximum Gasteiger partial charge on any atom is 0.331 e. The third-order valence-electron chi connectivity index (χ3n) is 7.77. The Bertz CT molecular complexity index is 1280. The Morgan fingerprint density at radius 1 is 0.854 bits per heavy atom. The molecule has 0 spiro atoms. The second-order valence-electron chi connectivity index (χ2n) is 10.1. The van der Waals surface area contributed by atoms with Gasteiger partial charge < -0.3 is 43.1 Å². The van der Waals surface area contributed by atoms with Crippen LogP contribution in [0.4, 0.5) is 0 Å². The monoisotopic (exact) mass is 574 g/mol. The van der Waals surface area contributed by atoms with E-state index in [0.717, 1.165) is 35.7 Å². The van der Waals surface area contributed by atoms with Crippen molar-refractivity contribution in [3.63, 3.8) is 0 Å². The van der Waals surface area contributed by atoms with Crippen molar-refractivity contribution in [2.75, 3.05) is 62.8 Å². The van der Waals surface area contributed by atoms with Crippen molar-refractivity contribution in [2.45, 2.75) is 31.7 Å². The minimum atomic E-state index is -1.28. The largest absolute Gasteiger partial charge is 0.493 e. The van der Waals surface area contributed by atoms with Gasteiger partial charge in [0.15, 0.2) is 23.0 Å². The lowest BCUT2D eigenvalue weighted by molar-refractivity contribution is -0.941. The Balaban J connectivity index is 2.14. The molecule has 11 heteroatoms. The van der Waals surface area contributed by atoms with Gasteiger partial charge in [0.25, 0.3) is 0 Å². The van der Waals surface area contributed by atoms with Crippen molar-refractivity contribution < 1.29 is 52.7 Å². The molecule has 0 unspecified atom stereocenters. The van der Waals surface area contributed by atoms with E-state index >= 15 is 0 Å². The molecule has 41 heavy (non-hydrogen) atoms. The molecule has 0 saturated carbocycles. The number of likely N-dealkylation sites (N-methyl/N-ethyl adjacent to an activating group) is 1. The third-order valence-corrected chi connectivity index (χ3v) is 7.77. The second kappa shape index (κ2) is 13.5. The van der Waals surface area contributed by atoms with Crippen LogP contribution in [0.3, 0.4) is 0 Å². The summed E-state index contributed by atoms with van der Waals surface area (Å²) in [5.41, 5.74) is 2.86. The molecule has 2 aromatic carbocycles. The van der Waals surface area contributed by atoms with Gasteiger partial charge in [-0.1, -0.05) is 0 Å². The van der Waals surface area contributed by atoms with Crippen LogP contribution in [-0.4, -0.2) is 89.4 Å². The summed E-state index contributed by atoms with van der Waals surface area (Å²) >= 11 is 0. The summed E-state index contributed by atoms with van der Waals surface area (Å²) in [7, 11) is 11.6. The highest BCUT2D eigenvalue weighted by molar-refractivity contribution is 5.94. The Morgan fingerprint density at radius 3 is 1.90 bits per heavy atom. The van der Waals surface area contributed by atoms with Gasteiger partial charge in [-0.15, -0.1) is 0 Å². The average molecular weight is 575 g/mol. The molecule has 2 N–H and O–H groups in total. The normalized spacial score (nSPS) is 18.2. The highest BCUT2D eigenvalue weighted by Gasteiger charge is 2.43. The maximum atomic E-state index is 11.6. The molecule has 0 radical (unpaired) electrons. The van der Waals surface area contributed by atoms with Crippen molar-refractivity contribution in [1.82, 2.24) is 0 Å². The molecule has 0 amide bonds. The SMILES string of the molecule is COc1cc(C[C@@H]2c3c(cc(OC)c(OC)c3OC)CC[N@@+]2(C)CCCC(=CC(=O)O)C(=O)O)cc(OC)c1OC. The number of aliphatic carboxylic acids is 2. The molecule has 0 aromatic heterocycles. The van der Waals surface area contributed by atoms with Crippen LogP contribution in [0, 0.1) is 0 Å². The van der Waals surface area contributed by atoms with Gasteiger partial charge in [-0.25, -0.2) is 9.59 Å². The van der Waals surface area contributed by atoms with Gasteiger partial charge in [-0.2, -0.15) is 0 Å². The Kier molecular flexibility index (Phi) is 10.3. The fourth-order valence-electron chi connectivity index (χ4n) is 5.73. The van der Waals surface area contributed by atoms with Gasteiger partial charge in [-0.3, -0.25) is 0 Å². The van der Waals surface area contributed by atoms with Crippen LogP contribution < -0.4 is 28.4 Å². The molecule has 0 aliphatic carbocycles. The van der Waals surface area contributed by atoms with Crippen LogP contribution in [-0.2, 0) is 22.4 Å². The smallest absolute Gasteiger partial charge is 0.331 e. The van der Waals surface area contributed by atoms with E-state index in [1.807, 2.05) is 18.2 Å². The number of ether oxygens (including phenoxy) is 6. The number of quaternary nitrogens is 1. The number of carboxylic acids is 2. The maximum absolute atomic E-state index is 11.6. The zero-order chi connectivity index (χ0) is 30.3. The first kappa shape index (κ1) is 31.4. The molecule has 0 bridgehead atoms. The molecule has 3 rings (SSSR count). The molecular weight excluding hydrogens is 534 g/mol. The summed E-state index contributed by atoms with van der Waals surface area (Å²) in [5.74, 6) is 0.723. The summed E-state index contributed by atoms with van der Waals surface area (Å²) < 4.78 is 34.6. The minimum Gasteiger partial charge on any atom is -0.493 e. The summed E-state index contributed by atoms with van der Waals surface area (Å²) in [6.07, 6.45) is 2.65. The number of carboxylic acid groups (broad SMARTS) is 2. The number of hydrogen-bond acceptors (Lipinski definition) is 8. The van der Waals surface area contributed by atoms with E-state index in [9.17, 15) is 14.7 Å². The number of methoxy groups -OCH3 is 6. The number of rotatable bonds is 14. The van der Waals surface area contributed by atoms with Crippen LogP contribution in [0.25, 0.3) is 0 Å². The van der Waals surface area contributed by atoms with E-state index in [2.05, 4.69) is 7.05 Å². The number of nitrogens with zero attached hydrogens (tertiary/aromatic N) is 1. The van der Waals surface area contributed by atoms with Crippen LogP contribution in [0.5, 0.6) is 34.5 Å². The fraction of sp³-hybridized carbons (Fsp3) is 0.467. The fourth-order valence-corrected chi connectivity index (χ4v) is 5.73. The standard InChI is InChI=1S/C30H39NO10/c1-31(11-8-9-20(30(34)35)17-25(32)33)12-10-19-16-24(38-4)28(40-6)29(41-7)26(19)21(31)13-18-14-22(36-2)27(39-5)23(15-18)37-3/h14-17,21H,8-13H2,1-7H3,(H-,32,33,34,35)/p+1/t21-,31-/m1/s1. The molecule has 2 aromatic rings. The van der Waals surface area contributed by atoms with E-state index in [4.69, 9.17) is 33.5 Å². The average Bonchev–Trinajstić information content (AvgIpc) is 2.96. The third kappa shape index (κ3) is 6.62. The number of fused-ring (bicyclic) bond motifs is 1. The lowest BCUT2D eigenvalue weighted by atomic mass is 9.85. The number of hydrogen-bond donors (Lipinski definition) is 2. The lowest BCUT2D eigenvalue weighted by Crippen LogP contribution is -2.52. The first-order valence-corrected chi connectivity index (χ1v) is 13.2. The molecule has 1 heterocycles. The predicted octanol–water partition coefficient (Wildman–Crippen LogP) is 3.90. The highest BCUT2D eigenvalue weighted by atomic mass is 16.5. The van der Waals surface area contributed by atoms with Gasteiger partial charge in [0, 0.05) is 30.9 Å². The van der Waals surface area contributed by atoms with E-state index < -0.39 is 11.9 Å². The van der Waals surface area contributed by atoms with Crippen LogP contribution >= 0.6 is 0 Å². The molecule has 0 fully saturated rings. The summed E-state index contributed by atoms with van der Waals surface area (Å²) in [5, 5.41) is 18.6. The van der Waals surface area contributed by atoms with E-state index in [1.165, 1.54) is 0 Å². The molecule has 1 aliphatic heterocycles. The van der Waals surface area contributed by atoms with Gasteiger partial charge >= 0.3 is 11.9 Å². The lowest BCUT2D eigenvalue weighted by Gasteiger charge is -2.46. The van der Waals surface area contributed by atoms with Crippen molar-refractivity contribution in [3.05, 3.63) is 46.5 Å². The van der Waals surface area contributed by atoms with Crippen LogP contribution in [0.1, 0.15) is 35.6 Å².